The predicted octanol–water partition coefficient (Wildman–Crippen LogP) is 6.40. The van der Waals surface area contributed by atoms with E-state index in [9.17, 15) is 19.1 Å². The summed E-state index contributed by atoms with van der Waals surface area (Å²) < 4.78 is 30.3. The first kappa shape index (κ1) is 30.1. The summed E-state index contributed by atoms with van der Waals surface area (Å²) in [7, 11) is 2.99. The Morgan fingerprint density at radius 1 is 1.00 bits per heavy atom. The van der Waals surface area contributed by atoms with Crippen molar-refractivity contribution in [2.75, 3.05) is 25.7 Å². The maximum Gasteiger partial charge on any atom is 0.301 e. The second-order valence-corrected chi connectivity index (χ2v) is 11.6. The third-order valence-corrected chi connectivity index (χ3v) is 8.77. The van der Waals surface area contributed by atoms with E-state index in [2.05, 4.69) is 10.2 Å². The van der Waals surface area contributed by atoms with Gasteiger partial charge in [-0.2, -0.15) is 0 Å². The van der Waals surface area contributed by atoms with Crippen molar-refractivity contribution in [1.82, 2.24) is 10.2 Å². The highest BCUT2D eigenvalue weighted by Gasteiger charge is 2.48. The Labute approximate surface area is 255 Å². The number of amides is 1. The number of hydrogen-bond donors (Lipinski definition) is 1. The van der Waals surface area contributed by atoms with Crippen LogP contribution in [0.3, 0.4) is 0 Å². The molecular weight excluding hydrogens is 593 g/mol. The molecule has 1 unspecified atom stereocenters. The van der Waals surface area contributed by atoms with Gasteiger partial charge in [-0.3, -0.25) is 14.5 Å². The van der Waals surface area contributed by atoms with E-state index in [1.165, 1.54) is 43.0 Å². The normalized spacial score (nSPS) is 16.0. The van der Waals surface area contributed by atoms with Crippen molar-refractivity contribution in [2.45, 2.75) is 29.5 Å². The fraction of sp³-hybridized carbons (Fsp3) is 0.226. The maximum atomic E-state index is 13.6. The van der Waals surface area contributed by atoms with Crippen LogP contribution in [0.1, 0.15) is 36.1 Å². The predicted molar refractivity (Wildman–Crippen MR) is 162 cm³/mol. The van der Waals surface area contributed by atoms with Crippen molar-refractivity contribution >= 4 is 45.7 Å². The molecule has 222 valence electrons. The number of anilines is 1. The summed E-state index contributed by atoms with van der Waals surface area (Å²) in [6.07, 6.45) is 0.842. The molecule has 0 saturated carbocycles. The zero-order chi connectivity index (χ0) is 30.5. The Morgan fingerprint density at radius 2 is 1.72 bits per heavy atom. The molecule has 0 spiro atoms. The van der Waals surface area contributed by atoms with Crippen LogP contribution in [0.2, 0.25) is 0 Å². The molecule has 4 aromatic rings. The highest BCUT2D eigenvalue weighted by molar-refractivity contribution is 8.00. The minimum atomic E-state index is -1.03. The topological polar surface area (TPSA) is 111 Å². The SMILES string of the molecule is CCCOc1ccc(/C(O)=C2/C(=O)C(=O)N(c3nnc(SCc4ccc(F)cc4)s3)C2c2ccc(OC)c(OC)c2)cc1. The van der Waals surface area contributed by atoms with Crippen LogP contribution in [0.25, 0.3) is 5.76 Å². The number of aliphatic hydroxyl groups is 1. The number of Topliss-reactive ketones (excluding diaryl/α,β-unsaturated/α-hetero) is 1. The molecule has 1 fully saturated rings. The Balaban J connectivity index is 1.54. The average molecular weight is 622 g/mol. The molecule has 0 radical (unpaired) electrons. The second-order valence-electron chi connectivity index (χ2n) is 9.42. The smallest absolute Gasteiger partial charge is 0.301 e. The van der Waals surface area contributed by atoms with E-state index >= 15 is 0 Å². The number of thioether (sulfide) groups is 1. The Kier molecular flexibility index (Phi) is 9.27. The zero-order valence-electron chi connectivity index (χ0n) is 23.6. The quantitative estimate of drug-likeness (QED) is 0.0668. The number of carbonyl (C=O) groups is 2. The Hall–Kier alpha value is -4.42. The van der Waals surface area contributed by atoms with Gasteiger partial charge in [0, 0.05) is 11.3 Å². The molecule has 3 aromatic carbocycles. The second kappa shape index (κ2) is 13.3. The van der Waals surface area contributed by atoms with Gasteiger partial charge in [0.2, 0.25) is 5.13 Å². The van der Waals surface area contributed by atoms with Crippen LogP contribution in [-0.2, 0) is 15.3 Å². The summed E-state index contributed by atoms with van der Waals surface area (Å²) in [5, 5.41) is 20.1. The first-order valence-corrected chi connectivity index (χ1v) is 15.1. The number of halogens is 1. The van der Waals surface area contributed by atoms with Crippen LogP contribution < -0.4 is 19.1 Å². The van der Waals surface area contributed by atoms with E-state index in [0.717, 1.165) is 23.3 Å². The van der Waals surface area contributed by atoms with Gasteiger partial charge < -0.3 is 19.3 Å². The molecule has 12 heteroatoms. The fourth-order valence-electron chi connectivity index (χ4n) is 4.54. The van der Waals surface area contributed by atoms with Crippen LogP contribution in [0, 0.1) is 5.82 Å². The van der Waals surface area contributed by atoms with Gasteiger partial charge in [-0.15, -0.1) is 10.2 Å². The largest absolute Gasteiger partial charge is 0.507 e. The lowest BCUT2D eigenvalue weighted by molar-refractivity contribution is -0.132. The molecule has 43 heavy (non-hydrogen) atoms. The number of methoxy groups -OCH3 is 2. The number of ketones is 1. The van der Waals surface area contributed by atoms with E-state index in [-0.39, 0.29) is 22.3 Å². The van der Waals surface area contributed by atoms with Crippen molar-refractivity contribution < 1.29 is 33.3 Å². The van der Waals surface area contributed by atoms with Crippen molar-refractivity contribution in [1.29, 1.82) is 0 Å². The lowest BCUT2D eigenvalue weighted by Crippen LogP contribution is -2.29. The summed E-state index contributed by atoms with van der Waals surface area (Å²) in [5.74, 6) is -0.400. The Bertz CT molecular complexity index is 1660. The summed E-state index contributed by atoms with van der Waals surface area (Å²) >= 11 is 2.51. The molecule has 1 saturated heterocycles. The third-order valence-electron chi connectivity index (χ3n) is 6.65. The average Bonchev–Trinajstić information content (AvgIpc) is 3.60. The van der Waals surface area contributed by atoms with E-state index in [4.69, 9.17) is 14.2 Å². The molecule has 0 aliphatic carbocycles. The number of carbonyl (C=O) groups excluding carboxylic acids is 2. The lowest BCUT2D eigenvalue weighted by atomic mass is 9.95. The number of ether oxygens (including phenoxy) is 3. The molecule has 1 amide bonds. The molecule has 5 rings (SSSR count). The highest BCUT2D eigenvalue weighted by atomic mass is 32.2. The van der Waals surface area contributed by atoms with Gasteiger partial charge in [-0.25, -0.2) is 4.39 Å². The van der Waals surface area contributed by atoms with E-state index < -0.39 is 17.7 Å². The van der Waals surface area contributed by atoms with Gasteiger partial charge in [0.1, 0.15) is 17.3 Å². The van der Waals surface area contributed by atoms with E-state index in [1.54, 1.807) is 54.6 Å². The first-order chi connectivity index (χ1) is 20.8. The van der Waals surface area contributed by atoms with E-state index in [1.807, 2.05) is 6.92 Å². The van der Waals surface area contributed by atoms with Crippen molar-refractivity contribution in [3.05, 3.63) is 94.8 Å². The molecule has 1 atom stereocenters. The van der Waals surface area contributed by atoms with Gasteiger partial charge in [0.25, 0.3) is 5.78 Å². The monoisotopic (exact) mass is 621 g/mol. The van der Waals surface area contributed by atoms with Crippen molar-refractivity contribution in [3.8, 4) is 17.2 Å². The van der Waals surface area contributed by atoms with Gasteiger partial charge >= 0.3 is 5.91 Å². The number of benzene rings is 3. The zero-order valence-corrected chi connectivity index (χ0v) is 25.2. The summed E-state index contributed by atoms with van der Waals surface area (Å²) in [6.45, 7) is 2.54. The fourth-order valence-corrected chi connectivity index (χ4v) is 6.36. The van der Waals surface area contributed by atoms with Gasteiger partial charge in [0.05, 0.1) is 32.4 Å². The first-order valence-electron chi connectivity index (χ1n) is 13.3. The Morgan fingerprint density at radius 3 is 2.40 bits per heavy atom. The van der Waals surface area contributed by atoms with Crippen molar-refractivity contribution in [2.24, 2.45) is 0 Å². The number of hydrogen-bond acceptors (Lipinski definition) is 10. The summed E-state index contributed by atoms with van der Waals surface area (Å²) in [5.41, 5.74) is 1.63. The number of aromatic nitrogens is 2. The van der Waals surface area contributed by atoms with Crippen LogP contribution >= 0.6 is 23.1 Å². The molecule has 9 nitrogen and oxygen atoms in total. The lowest BCUT2D eigenvalue weighted by Gasteiger charge is -2.23. The van der Waals surface area contributed by atoms with Gasteiger partial charge in [0.15, 0.2) is 15.8 Å². The molecule has 1 N–H and O–H groups in total. The minimum Gasteiger partial charge on any atom is -0.507 e. The number of aliphatic hydroxyl groups excluding tert-OH is 1. The van der Waals surface area contributed by atoms with Crippen LogP contribution in [-0.4, -0.2) is 47.8 Å². The minimum absolute atomic E-state index is 0.102. The standard InChI is InChI=1S/C31H28FN3O6S2/c1-4-15-41-22-12-7-19(8-13-22)27(36)25-26(20-9-14-23(39-2)24(16-20)40-3)35(29(38)28(25)37)30-33-34-31(43-30)42-17-18-5-10-21(32)11-6-18/h5-14,16,26,36H,4,15,17H2,1-3H3/b27-25-. The van der Waals surface area contributed by atoms with Crippen molar-refractivity contribution in [3.63, 3.8) is 0 Å². The molecule has 0 bridgehead atoms. The van der Waals surface area contributed by atoms with E-state index in [0.29, 0.717) is 45.1 Å². The van der Waals surface area contributed by atoms with Crippen LogP contribution in [0.5, 0.6) is 17.2 Å². The molecule has 1 aromatic heterocycles. The molecule has 1 aliphatic rings. The number of nitrogens with zero attached hydrogens (tertiary/aromatic N) is 3. The van der Waals surface area contributed by atoms with Gasteiger partial charge in [-0.05, 0) is 66.1 Å². The molecule has 2 heterocycles. The molecule has 1 aliphatic heterocycles. The van der Waals surface area contributed by atoms with Gasteiger partial charge in [-0.1, -0.05) is 48.2 Å². The molecular formula is C31H28FN3O6S2. The summed E-state index contributed by atoms with van der Waals surface area (Å²) in [6, 6.07) is 16.8. The number of rotatable bonds is 11. The van der Waals surface area contributed by atoms with Crippen LogP contribution in [0.4, 0.5) is 9.52 Å². The maximum absolute atomic E-state index is 13.6. The highest BCUT2D eigenvalue weighted by Crippen LogP contribution is 2.45. The van der Waals surface area contributed by atoms with Crippen LogP contribution in [0.15, 0.2) is 76.6 Å². The summed E-state index contributed by atoms with van der Waals surface area (Å²) in [4.78, 5) is 28.4. The third kappa shape index (κ3) is 6.35.